The van der Waals surface area contributed by atoms with Crippen molar-refractivity contribution in [3.8, 4) is 5.75 Å². The molecule has 1 saturated heterocycles. The Labute approximate surface area is 166 Å². The lowest BCUT2D eigenvalue weighted by Crippen LogP contribution is -2.38. The summed E-state index contributed by atoms with van der Waals surface area (Å²) in [5.74, 6) is 1.48. The van der Waals surface area contributed by atoms with E-state index < -0.39 is 0 Å². The second-order valence-corrected chi connectivity index (χ2v) is 8.12. The molecule has 0 N–H and O–H groups in total. The first kappa shape index (κ1) is 19.0. The smallest absolute Gasteiger partial charge is 0.276 e. The number of ether oxygens (including phenoxy) is 1. The van der Waals surface area contributed by atoms with Crippen LogP contribution in [0, 0.1) is 5.92 Å². The normalized spacial score (nSPS) is 20.9. The summed E-state index contributed by atoms with van der Waals surface area (Å²) in [5, 5.41) is 8.47. The number of methoxy groups -OCH3 is 1. The van der Waals surface area contributed by atoms with E-state index in [9.17, 15) is 4.79 Å². The number of nitrogens with zero attached hydrogens (tertiary/aromatic N) is 4. The van der Waals surface area contributed by atoms with E-state index in [1.54, 1.807) is 7.11 Å². The lowest BCUT2D eigenvalue weighted by atomic mass is 9.89. The molecule has 0 unspecified atom stereocenters. The van der Waals surface area contributed by atoms with Crippen LogP contribution in [0.25, 0.3) is 0 Å². The van der Waals surface area contributed by atoms with Gasteiger partial charge < -0.3 is 9.64 Å². The van der Waals surface area contributed by atoms with Crippen LogP contribution in [-0.4, -0.2) is 39.5 Å². The molecule has 1 atom stereocenters. The number of amides is 1. The maximum atomic E-state index is 13.2. The first-order chi connectivity index (χ1) is 13.7. The van der Waals surface area contributed by atoms with Crippen LogP contribution in [-0.2, 0) is 6.54 Å². The predicted octanol–water partition coefficient (Wildman–Crippen LogP) is 4.23. The number of aromatic nitrogens is 3. The molecule has 28 heavy (non-hydrogen) atoms. The highest BCUT2D eigenvalue weighted by Gasteiger charge is 2.30. The van der Waals surface area contributed by atoms with Crippen molar-refractivity contribution in [2.45, 2.75) is 64.0 Å². The maximum absolute atomic E-state index is 13.2. The molecule has 1 aromatic heterocycles. The Kier molecular flexibility index (Phi) is 5.93. The third-order valence-corrected chi connectivity index (χ3v) is 6.17. The molecular formula is C22H30N4O2. The van der Waals surface area contributed by atoms with Crippen LogP contribution in [0.3, 0.4) is 0 Å². The van der Waals surface area contributed by atoms with Crippen LogP contribution in [0.1, 0.15) is 73.5 Å². The van der Waals surface area contributed by atoms with E-state index in [0.717, 1.165) is 43.7 Å². The quantitative estimate of drug-likeness (QED) is 0.776. The van der Waals surface area contributed by atoms with Crippen molar-refractivity contribution in [2.75, 3.05) is 13.7 Å². The summed E-state index contributed by atoms with van der Waals surface area (Å²) in [6, 6.07) is 8.12. The van der Waals surface area contributed by atoms with Gasteiger partial charge >= 0.3 is 0 Å². The number of likely N-dealkylation sites (tertiary alicyclic amines) is 1. The van der Waals surface area contributed by atoms with E-state index in [1.807, 2.05) is 34.0 Å². The van der Waals surface area contributed by atoms with Gasteiger partial charge in [-0.25, -0.2) is 0 Å². The first-order valence-electron chi connectivity index (χ1n) is 10.6. The van der Waals surface area contributed by atoms with E-state index in [2.05, 4.69) is 16.4 Å². The molecular weight excluding hydrogens is 352 g/mol. The minimum Gasteiger partial charge on any atom is -0.497 e. The van der Waals surface area contributed by atoms with Crippen LogP contribution in [0.2, 0.25) is 0 Å². The minimum absolute atomic E-state index is 0.0117. The molecule has 1 saturated carbocycles. The second kappa shape index (κ2) is 8.76. The number of hydrogen-bond acceptors (Lipinski definition) is 4. The molecule has 0 spiro atoms. The van der Waals surface area contributed by atoms with Gasteiger partial charge in [0.15, 0.2) is 5.69 Å². The van der Waals surface area contributed by atoms with Crippen molar-refractivity contribution < 1.29 is 9.53 Å². The summed E-state index contributed by atoms with van der Waals surface area (Å²) in [4.78, 5) is 15.2. The molecule has 1 amide bonds. The average molecular weight is 383 g/mol. The van der Waals surface area contributed by atoms with Crippen molar-refractivity contribution in [3.63, 3.8) is 0 Å². The number of piperidine rings is 1. The van der Waals surface area contributed by atoms with Gasteiger partial charge in [-0.1, -0.05) is 36.6 Å². The summed E-state index contributed by atoms with van der Waals surface area (Å²) in [6.07, 6.45) is 11.4. The lowest BCUT2D eigenvalue weighted by Gasteiger charge is -2.35. The van der Waals surface area contributed by atoms with E-state index >= 15 is 0 Å². The van der Waals surface area contributed by atoms with Crippen LogP contribution in [0.15, 0.2) is 30.5 Å². The van der Waals surface area contributed by atoms with Crippen molar-refractivity contribution in [3.05, 3.63) is 41.7 Å². The van der Waals surface area contributed by atoms with Gasteiger partial charge in [0.25, 0.3) is 5.91 Å². The van der Waals surface area contributed by atoms with E-state index in [0.29, 0.717) is 11.6 Å². The molecule has 2 heterocycles. The fourth-order valence-electron chi connectivity index (χ4n) is 4.64. The summed E-state index contributed by atoms with van der Waals surface area (Å²) in [6.45, 7) is 1.63. The molecule has 4 rings (SSSR count). The van der Waals surface area contributed by atoms with Gasteiger partial charge in [0.2, 0.25) is 0 Å². The SMILES string of the molecule is COc1cccc([C@@H]2CCCCN2C(=O)c2cn(CC3CCCCC3)nn2)c1. The Balaban J connectivity index is 1.49. The number of carbonyl (C=O) groups is 1. The van der Waals surface area contributed by atoms with Crippen molar-refractivity contribution in [2.24, 2.45) is 5.92 Å². The molecule has 1 aromatic carbocycles. The molecule has 2 aromatic rings. The van der Waals surface area contributed by atoms with Crippen LogP contribution in [0.4, 0.5) is 0 Å². The monoisotopic (exact) mass is 382 g/mol. The number of carbonyl (C=O) groups excluding carboxylic acids is 1. The summed E-state index contributed by atoms with van der Waals surface area (Å²) >= 11 is 0. The Morgan fingerprint density at radius 1 is 1.14 bits per heavy atom. The zero-order valence-electron chi connectivity index (χ0n) is 16.7. The fraction of sp³-hybridized carbons (Fsp3) is 0.591. The molecule has 150 valence electrons. The number of benzene rings is 1. The van der Waals surface area contributed by atoms with Crippen molar-refractivity contribution in [1.29, 1.82) is 0 Å². The highest BCUT2D eigenvalue weighted by molar-refractivity contribution is 5.92. The number of rotatable bonds is 5. The Bertz CT molecular complexity index is 797. The molecule has 2 aliphatic rings. The highest BCUT2D eigenvalue weighted by Crippen LogP contribution is 2.33. The van der Waals surface area contributed by atoms with Gasteiger partial charge in [-0.3, -0.25) is 9.48 Å². The lowest BCUT2D eigenvalue weighted by molar-refractivity contribution is 0.0605. The summed E-state index contributed by atoms with van der Waals surface area (Å²) in [5.41, 5.74) is 1.59. The van der Waals surface area contributed by atoms with Crippen LogP contribution < -0.4 is 4.74 Å². The van der Waals surface area contributed by atoms with Crippen molar-refractivity contribution >= 4 is 5.91 Å². The molecule has 1 aliphatic heterocycles. The van der Waals surface area contributed by atoms with Gasteiger partial charge in [0.05, 0.1) is 19.3 Å². The fourth-order valence-corrected chi connectivity index (χ4v) is 4.64. The van der Waals surface area contributed by atoms with E-state index in [-0.39, 0.29) is 11.9 Å². The minimum atomic E-state index is -0.0117. The maximum Gasteiger partial charge on any atom is 0.276 e. The third-order valence-electron chi connectivity index (χ3n) is 6.17. The Morgan fingerprint density at radius 2 is 1.96 bits per heavy atom. The van der Waals surface area contributed by atoms with Gasteiger partial charge in [-0.2, -0.15) is 0 Å². The molecule has 6 heteroatoms. The van der Waals surface area contributed by atoms with Gasteiger partial charge in [-0.05, 0) is 55.7 Å². The topological polar surface area (TPSA) is 60.2 Å². The standard InChI is InChI=1S/C22H30N4O2/c1-28-19-11-7-10-18(14-19)21-12-5-6-13-26(21)22(27)20-16-25(24-23-20)15-17-8-3-2-4-9-17/h7,10-11,14,16-17,21H,2-6,8-9,12-13,15H2,1H3/t21-/m0/s1. The van der Waals surface area contributed by atoms with Gasteiger partial charge in [0.1, 0.15) is 5.75 Å². The summed E-state index contributed by atoms with van der Waals surface area (Å²) < 4.78 is 7.24. The summed E-state index contributed by atoms with van der Waals surface area (Å²) in [7, 11) is 1.67. The third kappa shape index (κ3) is 4.21. The predicted molar refractivity (Wildman–Crippen MR) is 107 cm³/mol. The molecule has 2 fully saturated rings. The first-order valence-corrected chi connectivity index (χ1v) is 10.6. The zero-order valence-corrected chi connectivity index (χ0v) is 16.7. The van der Waals surface area contributed by atoms with Gasteiger partial charge in [0, 0.05) is 13.1 Å². The number of hydrogen-bond donors (Lipinski definition) is 0. The van der Waals surface area contributed by atoms with Crippen molar-refractivity contribution in [1.82, 2.24) is 19.9 Å². The molecule has 6 nitrogen and oxygen atoms in total. The van der Waals surface area contributed by atoms with E-state index in [1.165, 1.54) is 32.1 Å². The van der Waals surface area contributed by atoms with Crippen LogP contribution in [0.5, 0.6) is 5.75 Å². The average Bonchev–Trinajstić information content (AvgIpc) is 3.22. The molecule has 0 bridgehead atoms. The van der Waals surface area contributed by atoms with E-state index in [4.69, 9.17) is 4.74 Å². The molecule has 0 radical (unpaired) electrons. The Morgan fingerprint density at radius 3 is 2.79 bits per heavy atom. The van der Waals surface area contributed by atoms with Gasteiger partial charge in [-0.15, -0.1) is 5.10 Å². The second-order valence-electron chi connectivity index (χ2n) is 8.12. The van der Waals surface area contributed by atoms with Crippen LogP contribution >= 0.6 is 0 Å². The highest BCUT2D eigenvalue weighted by atomic mass is 16.5. The molecule has 1 aliphatic carbocycles. The largest absolute Gasteiger partial charge is 0.497 e. The Hall–Kier alpha value is -2.37. The zero-order chi connectivity index (χ0) is 19.3.